The molecule has 1 aliphatic rings. The standard InChI is InChI=1S/C24H20Cl2FN3O3/c25-21-10-1-15(11-22(21)26)14-33-20-8-4-18(5-9-20)28-29-24(32)16-12-23(31)30(13-16)19-6-2-17(27)3-7-19/h1-11,16,28H,12-14H2,(H,29,32)/t16-/m0/s1. The Morgan fingerprint density at radius 2 is 1.76 bits per heavy atom. The third-order valence-corrected chi connectivity index (χ3v) is 5.95. The largest absolute Gasteiger partial charge is 0.489 e. The molecule has 2 amide bonds. The summed E-state index contributed by atoms with van der Waals surface area (Å²) in [5.74, 6) is -0.717. The van der Waals surface area contributed by atoms with Crippen molar-refractivity contribution in [2.45, 2.75) is 13.0 Å². The topological polar surface area (TPSA) is 70.7 Å². The molecule has 0 bridgehead atoms. The van der Waals surface area contributed by atoms with Crippen LogP contribution in [0.2, 0.25) is 10.0 Å². The van der Waals surface area contributed by atoms with E-state index in [1.54, 1.807) is 36.4 Å². The molecule has 1 fully saturated rings. The van der Waals surface area contributed by atoms with Crippen LogP contribution < -0.4 is 20.5 Å². The summed E-state index contributed by atoms with van der Waals surface area (Å²) in [4.78, 5) is 26.3. The summed E-state index contributed by atoms with van der Waals surface area (Å²) in [6.07, 6.45) is 0.0897. The number of rotatable bonds is 7. The highest BCUT2D eigenvalue weighted by Gasteiger charge is 2.35. The molecule has 33 heavy (non-hydrogen) atoms. The lowest BCUT2D eigenvalue weighted by atomic mass is 10.1. The summed E-state index contributed by atoms with van der Waals surface area (Å²) in [6, 6.07) is 18.0. The maximum absolute atomic E-state index is 13.1. The Morgan fingerprint density at radius 1 is 1.03 bits per heavy atom. The van der Waals surface area contributed by atoms with Gasteiger partial charge in [0.25, 0.3) is 0 Å². The molecule has 4 rings (SSSR count). The Labute approximate surface area is 200 Å². The monoisotopic (exact) mass is 487 g/mol. The van der Waals surface area contributed by atoms with Gasteiger partial charge < -0.3 is 9.64 Å². The van der Waals surface area contributed by atoms with Crippen molar-refractivity contribution in [3.63, 3.8) is 0 Å². The molecule has 3 aromatic rings. The number of amides is 2. The van der Waals surface area contributed by atoms with Gasteiger partial charge in [0.1, 0.15) is 18.2 Å². The molecule has 1 heterocycles. The number of ether oxygens (including phenoxy) is 1. The van der Waals surface area contributed by atoms with E-state index in [4.69, 9.17) is 27.9 Å². The van der Waals surface area contributed by atoms with Crippen LogP contribution in [-0.4, -0.2) is 18.4 Å². The molecule has 170 valence electrons. The van der Waals surface area contributed by atoms with Gasteiger partial charge in [-0.3, -0.25) is 20.4 Å². The predicted molar refractivity (Wildman–Crippen MR) is 126 cm³/mol. The second kappa shape index (κ2) is 10.1. The first-order valence-electron chi connectivity index (χ1n) is 10.2. The first-order valence-corrected chi connectivity index (χ1v) is 10.9. The van der Waals surface area contributed by atoms with Crippen LogP contribution in [0.1, 0.15) is 12.0 Å². The number of hydrazine groups is 1. The summed E-state index contributed by atoms with van der Waals surface area (Å²) in [5, 5.41) is 0.959. The van der Waals surface area contributed by atoms with Crippen molar-refractivity contribution in [1.29, 1.82) is 0 Å². The molecule has 0 aliphatic carbocycles. The highest BCUT2D eigenvalue weighted by molar-refractivity contribution is 6.42. The molecule has 6 nitrogen and oxygen atoms in total. The second-order valence-corrected chi connectivity index (χ2v) is 8.37. The third-order valence-electron chi connectivity index (χ3n) is 5.21. The number of carbonyl (C=O) groups excluding carboxylic acids is 2. The van der Waals surface area contributed by atoms with Gasteiger partial charge in [0.2, 0.25) is 11.8 Å². The maximum Gasteiger partial charge on any atom is 0.243 e. The van der Waals surface area contributed by atoms with E-state index in [-0.39, 0.29) is 30.6 Å². The first kappa shape index (κ1) is 22.9. The van der Waals surface area contributed by atoms with Gasteiger partial charge in [-0.05, 0) is 66.2 Å². The fourth-order valence-electron chi connectivity index (χ4n) is 3.42. The Hall–Kier alpha value is -3.29. The molecule has 0 spiro atoms. The van der Waals surface area contributed by atoms with Crippen molar-refractivity contribution in [1.82, 2.24) is 5.43 Å². The van der Waals surface area contributed by atoms with Crippen molar-refractivity contribution < 1.29 is 18.7 Å². The Balaban J connectivity index is 1.26. The normalized spacial score (nSPS) is 15.4. The molecule has 0 saturated carbocycles. The van der Waals surface area contributed by atoms with E-state index in [1.165, 1.54) is 29.2 Å². The van der Waals surface area contributed by atoms with Gasteiger partial charge in [0.05, 0.1) is 21.7 Å². The summed E-state index contributed by atoms with van der Waals surface area (Å²) in [6.45, 7) is 0.570. The van der Waals surface area contributed by atoms with Crippen molar-refractivity contribution in [3.05, 3.63) is 88.2 Å². The molecule has 3 aromatic carbocycles. The Kier molecular flexibility index (Phi) is 7.01. The van der Waals surface area contributed by atoms with Gasteiger partial charge in [0.15, 0.2) is 0 Å². The minimum Gasteiger partial charge on any atom is -0.489 e. The summed E-state index contributed by atoms with van der Waals surface area (Å²) >= 11 is 11.9. The molecule has 0 aromatic heterocycles. The van der Waals surface area contributed by atoms with E-state index in [0.717, 1.165) is 5.56 Å². The van der Waals surface area contributed by atoms with Crippen molar-refractivity contribution in [3.8, 4) is 5.75 Å². The van der Waals surface area contributed by atoms with Crippen LogP contribution in [0.25, 0.3) is 0 Å². The smallest absolute Gasteiger partial charge is 0.243 e. The highest BCUT2D eigenvalue weighted by Crippen LogP contribution is 2.26. The number of carbonyl (C=O) groups is 2. The van der Waals surface area contributed by atoms with E-state index in [9.17, 15) is 14.0 Å². The van der Waals surface area contributed by atoms with Gasteiger partial charge in [-0.1, -0.05) is 29.3 Å². The van der Waals surface area contributed by atoms with Crippen LogP contribution in [-0.2, 0) is 16.2 Å². The quantitative estimate of drug-likeness (QED) is 0.449. The number of nitrogens with one attached hydrogen (secondary N) is 2. The fourth-order valence-corrected chi connectivity index (χ4v) is 3.74. The molecule has 0 radical (unpaired) electrons. The summed E-state index contributed by atoms with van der Waals surface area (Å²) < 4.78 is 18.9. The van der Waals surface area contributed by atoms with E-state index < -0.39 is 5.92 Å². The lowest BCUT2D eigenvalue weighted by Crippen LogP contribution is -2.36. The average molecular weight is 488 g/mol. The molecule has 2 N–H and O–H groups in total. The molecule has 1 aliphatic heterocycles. The molecule has 1 atom stereocenters. The predicted octanol–water partition coefficient (Wildman–Crippen LogP) is 5.21. The number of anilines is 2. The number of hydrogen-bond acceptors (Lipinski definition) is 4. The summed E-state index contributed by atoms with van der Waals surface area (Å²) in [5.41, 5.74) is 7.60. The van der Waals surface area contributed by atoms with Crippen LogP contribution in [0.4, 0.5) is 15.8 Å². The van der Waals surface area contributed by atoms with E-state index >= 15 is 0 Å². The SMILES string of the molecule is O=C(NNc1ccc(OCc2ccc(Cl)c(Cl)c2)cc1)[C@H]1CC(=O)N(c2ccc(F)cc2)C1. The first-order chi connectivity index (χ1) is 15.9. The number of hydrogen-bond donors (Lipinski definition) is 2. The zero-order valence-corrected chi connectivity index (χ0v) is 18.9. The average Bonchev–Trinajstić information content (AvgIpc) is 3.21. The molecular weight excluding hydrogens is 468 g/mol. The molecule has 9 heteroatoms. The van der Waals surface area contributed by atoms with Crippen molar-refractivity contribution in [2.75, 3.05) is 16.9 Å². The van der Waals surface area contributed by atoms with Crippen LogP contribution >= 0.6 is 23.2 Å². The number of nitrogens with zero attached hydrogens (tertiary/aromatic N) is 1. The van der Waals surface area contributed by atoms with Gasteiger partial charge >= 0.3 is 0 Å². The zero-order chi connectivity index (χ0) is 23.4. The van der Waals surface area contributed by atoms with E-state index in [2.05, 4.69) is 10.9 Å². The van der Waals surface area contributed by atoms with E-state index in [1.807, 2.05) is 6.07 Å². The highest BCUT2D eigenvalue weighted by atomic mass is 35.5. The van der Waals surface area contributed by atoms with Crippen LogP contribution in [0.5, 0.6) is 5.75 Å². The number of benzene rings is 3. The minimum atomic E-state index is -0.510. The zero-order valence-electron chi connectivity index (χ0n) is 17.4. The number of halogens is 3. The van der Waals surface area contributed by atoms with Gasteiger partial charge in [-0.2, -0.15) is 0 Å². The van der Waals surface area contributed by atoms with Gasteiger partial charge in [0, 0.05) is 18.7 Å². The van der Waals surface area contributed by atoms with Crippen LogP contribution in [0.15, 0.2) is 66.7 Å². The van der Waals surface area contributed by atoms with Crippen LogP contribution in [0, 0.1) is 11.7 Å². The van der Waals surface area contributed by atoms with Gasteiger partial charge in [-0.25, -0.2) is 4.39 Å². The minimum absolute atomic E-state index is 0.0897. The van der Waals surface area contributed by atoms with Gasteiger partial charge in [-0.15, -0.1) is 0 Å². The van der Waals surface area contributed by atoms with Crippen LogP contribution in [0.3, 0.4) is 0 Å². The Bertz CT molecular complexity index is 1160. The summed E-state index contributed by atoms with van der Waals surface area (Å²) in [7, 11) is 0. The van der Waals surface area contributed by atoms with E-state index in [0.29, 0.717) is 33.8 Å². The second-order valence-electron chi connectivity index (χ2n) is 7.56. The lowest BCUT2D eigenvalue weighted by molar-refractivity contribution is -0.125. The molecule has 0 unspecified atom stereocenters. The fraction of sp³-hybridized carbons (Fsp3) is 0.167. The lowest BCUT2D eigenvalue weighted by Gasteiger charge is -2.17. The third kappa shape index (κ3) is 5.74. The van der Waals surface area contributed by atoms with Crippen molar-refractivity contribution >= 4 is 46.4 Å². The van der Waals surface area contributed by atoms with Crippen molar-refractivity contribution in [2.24, 2.45) is 5.92 Å². The molecule has 1 saturated heterocycles. The maximum atomic E-state index is 13.1. The molecular formula is C24H20Cl2FN3O3. The Morgan fingerprint density at radius 3 is 2.45 bits per heavy atom.